The molecule has 0 amide bonds. The van der Waals surface area contributed by atoms with Gasteiger partial charge in [0, 0.05) is 464 Å². The van der Waals surface area contributed by atoms with E-state index in [-0.39, 0.29) is 464 Å². The fraction of sp³-hybridized carbons (Fsp3) is 0. The SMILES string of the molecule is [Eu].[Eu].[Eu].[Eu].[Eu].[Eu].[Eu].[Eu].[Eu].[Rh]. The molecule has 0 aliphatic heterocycles. The van der Waals surface area contributed by atoms with E-state index in [2.05, 4.69) is 0 Å². The quantitative estimate of drug-likeness (QED) is 0.301. The first-order valence-electron chi connectivity index (χ1n) is 0. The molecule has 0 aromatic carbocycles. The average molecular weight is 1470 g/mol. The molecule has 10 heteroatoms. The van der Waals surface area contributed by atoms with Gasteiger partial charge in [0.15, 0.2) is 0 Å². The molecule has 0 spiro atoms. The van der Waals surface area contributed by atoms with E-state index in [1.165, 1.54) is 0 Å². The molecule has 0 heterocycles. The van der Waals surface area contributed by atoms with Crippen molar-refractivity contribution in [2.75, 3.05) is 0 Å². The third-order valence-electron chi connectivity index (χ3n) is 0. The van der Waals surface area contributed by atoms with Gasteiger partial charge in [-0.05, 0) is 0 Å². The largest absolute Gasteiger partial charge is 0 e. The van der Waals surface area contributed by atoms with Gasteiger partial charge in [0.2, 0.25) is 0 Å². The van der Waals surface area contributed by atoms with Crippen molar-refractivity contribution in [2.45, 2.75) is 0 Å². The Labute approximate surface area is 444 Å². The summed E-state index contributed by atoms with van der Waals surface area (Å²) in [6, 6.07) is 0. The summed E-state index contributed by atoms with van der Waals surface area (Å²) in [5.41, 5.74) is 0. The molecule has 0 atom stereocenters. The molecular weight excluding hydrogens is 1470 g/mol. The molecule has 0 aliphatic carbocycles. The monoisotopic (exact) mass is 1480 g/mol. The van der Waals surface area contributed by atoms with Crippen LogP contribution in [0.2, 0.25) is 0 Å². The minimum Gasteiger partial charge on any atom is 0 e. The Morgan fingerprint density at radius 2 is 0.200 bits per heavy atom. The molecule has 10 heavy (non-hydrogen) atoms. The molecule has 0 aromatic heterocycles. The van der Waals surface area contributed by atoms with Crippen molar-refractivity contribution >= 4 is 0 Å². The molecule has 0 aromatic rings. The molecule has 0 N–H and O–H groups in total. The van der Waals surface area contributed by atoms with E-state index in [1.807, 2.05) is 0 Å². The zero-order valence-electron chi connectivity index (χ0n) is 3.74. The third-order valence-corrected chi connectivity index (χ3v) is 0. The van der Waals surface area contributed by atoms with Gasteiger partial charge in [-0.3, -0.25) is 0 Å². The van der Waals surface area contributed by atoms with Gasteiger partial charge < -0.3 is 0 Å². The summed E-state index contributed by atoms with van der Waals surface area (Å²) in [5.74, 6) is 0. The molecule has 0 saturated heterocycles. The van der Waals surface area contributed by atoms with Gasteiger partial charge in [-0.2, -0.15) is 0 Å². The second-order valence-corrected chi connectivity index (χ2v) is 0. The van der Waals surface area contributed by atoms with Crippen LogP contribution in [0.15, 0.2) is 0 Å². The standard InChI is InChI=1S/9Eu.Rh. The van der Waals surface area contributed by atoms with E-state index < -0.39 is 0 Å². The normalized spacial score (nSPS) is 0. The van der Waals surface area contributed by atoms with Crippen LogP contribution >= 0.6 is 0 Å². The van der Waals surface area contributed by atoms with Gasteiger partial charge in [0.05, 0.1) is 0 Å². The third kappa shape index (κ3) is 49.5. The maximum atomic E-state index is 0. The Balaban J connectivity index is 0. The summed E-state index contributed by atoms with van der Waals surface area (Å²) < 4.78 is 0. The maximum absolute atomic E-state index is 0. The van der Waals surface area contributed by atoms with Crippen molar-refractivity contribution in [1.82, 2.24) is 0 Å². The van der Waals surface area contributed by atoms with Crippen LogP contribution in [0.1, 0.15) is 0 Å². The molecule has 0 nitrogen and oxygen atoms in total. The Morgan fingerprint density at radius 1 is 0.200 bits per heavy atom. The Hall–Kier alpha value is 14.9. The first-order chi connectivity index (χ1) is 0. The van der Waals surface area contributed by atoms with Crippen LogP contribution in [0.25, 0.3) is 0 Å². The number of hydrogen-bond acceptors (Lipinski definition) is 0. The molecular formula is Eu9Rh. The molecule has 10 radical (unpaired) electrons. The van der Waals surface area contributed by atoms with E-state index in [9.17, 15) is 0 Å². The van der Waals surface area contributed by atoms with Crippen LogP contribution < -0.4 is 0 Å². The van der Waals surface area contributed by atoms with Crippen molar-refractivity contribution in [2.24, 2.45) is 0 Å². The molecule has 0 unspecified atom stereocenters. The summed E-state index contributed by atoms with van der Waals surface area (Å²) in [5, 5.41) is 0. The minimum absolute atomic E-state index is 0. The van der Waals surface area contributed by atoms with Crippen LogP contribution in [-0.2, 0) is 19.5 Å². The second kappa shape index (κ2) is 56.5. The summed E-state index contributed by atoms with van der Waals surface area (Å²) in [6.45, 7) is 0. The summed E-state index contributed by atoms with van der Waals surface area (Å²) >= 11 is 0. The van der Waals surface area contributed by atoms with Crippen LogP contribution in [0.5, 0.6) is 0 Å². The van der Waals surface area contributed by atoms with E-state index in [1.54, 1.807) is 0 Å². The van der Waals surface area contributed by atoms with Crippen LogP contribution in [0, 0.1) is 444 Å². The Kier molecular flexibility index (Phi) is 362. The fourth-order valence-corrected chi connectivity index (χ4v) is 0. The van der Waals surface area contributed by atoms with E-state index in [0.29, 0.717) is 0 Å². The predicted octanol–water partition coefficient (Wildman–Crippen LogP) is -0.00250. The smallest absolute Gasteiger partial charge is 0 e. The second-order valence-electron chi connectivity index (χ2n) is 0. The molecule has 0 saturated carbocycles. The van der Waals surface area contributed by atoms with Crippen LogP contribution in [0.3, 0.4) is 0 Å². The fourth-order valence-electron chi connectivity index (χ4n) is 0. The Morgan fingerprint density at radius 3 is 0.200 bits per heavy atom. The van der Waals surface area contributed by atoms with Crippen molar-refractivity contribution in [1.29, 1.82) is 0 Å². The van der Waals surface area contributed by atoms with Crippen LogP contribution in [-0.4, -0.2) is 0 Å². The maximum Gasteiger partial charge on any atom is 0 e. The summed E-state index contributed by atoms with van der Waals surface area (Å²) in [4.78, 5) is 0. The number of rotatable bonds is 0. The zero-order chi connectivity index (χ0) is 0. The zero-order valence-corrected chi connectivity index (χ0v) is 27.2. The van der Waals surface area contributed by atoms with E-state index >= 15 is 0 Å². The predicted molar refractivity (Wildman–Crippen MR) is 0 cm³/mol. The van der Waals surface area contributed by atoms with Crippen molar-refractivity contribution in [3.05, 3.63) is 0 Å². The summed E-state index contributed by atoms with van der Waals surface area (Å²) in [7, 11) is 0. The van der Waals surface area contributed by atoms with Gasteiger partial charge >= 0.3 is 0 Å². The Bertz CT molecular complexity index is 4.69. The van der Waals surface area contributed by atoms with Crippen molar-refractivity contribution in [3.63, 3.8) is 0 Å². The van der Waals surface area contributed by atoms with Gasteiger partial charge in [0.1, 0.15) is 0 Å². The first kappa shape index (κ1) is 64.1. The minimum atomic E-state index is 0. The summed E-state index contributed by atoms with van der Waals surface area (Å²) in [6.07, 6.45) is 0. The molecule has 0 bridgehead atoms. The molecule has 72 valence electrons. The first-order valence-corrected chi connectivity index (χ1v) is 0. The molecule has 0 fully saturated rings. The van der Waals surface area contributed by atoms with E-state index in [4.69, 9.17) is 0 Å². The van der Waals surface area contributed by atoms with Crippen LogP contribution in [0.4, 0.5) is 0 Å². The van der Waals surface area contributed by atoms with Gasteiger partial charge in [0.25, 0.3) is 0 Å². The average Bonchev–Trinajstić information content (AvgIpc) is 0. The molecule has 0 aliphatic rings. The van der Waals surface area contributed by atoms with Crippen molar-refractivity contribution < 1.29 is 464 Å². The van der Waals surface area contributed by atoms with Crippen molar-refractivity contribution in [3.8, 4) is 0 Å². The van der Waals surface area contributed by atoms with Gasteiger partial charge in [-0.25, -0.2) is 0 Å². The van der Waals surface area contributed by atoms with Gasteiger partial charge in [-0.1, -0.05) is 0 Å². The topological polar surface area (TPSA) is 0 Å². The number of hydrogen-bond donors (Lipinski definition) is 0. The van der Waals surface area contributed by atoms with Gasteiger partial charge in [-0.15, -0.1) is 0 Å². The van der Waals surface area contributed by atoms with E-state index in [0.717, 1.165) is 0 Å². The molecule has 0 rings (SSSR count).